The summed E-state index contributed by atoms with van der Waals surface area (Å²) in [5.41, 5.74) is 0.961. The standard InChI is InChI=1S/C17H22N2O3S/c1-4-19(12-14-6-5-9-23-14)17(20)18-11-13-7-8-15(21-2)16(10-13)22-3/h5-10H,4,11-12H2,1-3H3,(H,18,20). The predicted molar refractivity (Wildman–Crippen MR) is 92.2 cm³/mol. The van der Waals surface area contributed by atoms with Gasteiger partial charge in [-0.25, -0.2) is 4.79 Å². The summed E-state index contributed by atoms with van der Waals surface area (Å²) in [7, 11) is 3.20. The van der Waals surface area contributed by atoms with Crippen LogP contribution in [0.5, 0.6) is 11.5 Å². The smallest absolute Gasteiger partial charge is 0.317 e. The summed E-state index contributed by atoms with van der Waals surface area (Å²) >= 11 is 1.66. The Bertz CT molecular complexity index is 629. The van der Waals surface area contributed by atoms with E-state index in [9.17, 15) is 4.79 Å². The molecule has 1 heterocycles. The van der Waals surface area contributed by atoms with Crippen molar-refractivity contribution >= 4 is 17.4 Å². The van der Waals surface area contributed by atoms with Crippen molar-refractivity contribution in [2.75, 3.05) is 20.8 Å². The average molecular weight is 334 g/mol. The number of carbonyl (C=O) groups is 1. The Morgan fingerprint density at radius 2 is 2.00 bits per heavy atom. The third-order valence-electron chi connectivity index (χ3n) is 3.49. The first-order valence-corrected chi connectivity index (χ1v) is 8.32. The second-order valence-electron chi connectivity index (χ2n) is 4.94. The van der Waals surface area contributed by atoms with Crippen LogP contribution in [-0.2, 0) is 13.1 Å². The highest BCUT2D eigenvalue weighted by atomic mass is 32.1. The van der Waals surface area contributed by atoms with E-state index < -0.39 is 0 Å². The molecule has 1 N–H and O–H groups in total. The van der Waals surface area contributed by atoms with Crippen LogP contribution >= 0.6 is 11.3 Å². The molecule has 0 unspecified atom stereocenters. The molecule has 2 aromatic rings. The summed E-state index contributed by atoms with van der Waals surface area (Å²) in [6.07, 6.45) is 0. The molecule has 0 radical (unpaired) electrons. The van der Waals surface area contributed by atoms with Crippen LogP contribution in [0.4, 0.5) is 4.79 Å². The van der Waals surface area contributed by atoms with Gasteiger partial charge in [0.2, 0.25) is 0 Å². The van der Waals surface area contributed by atoms with Crippen LogP contribution in [0, 0.1) is 0 Å². The van der Waals surface area contributed by atoms with Crippen molar-refractivity contribution in [3.05, 3.63) is 46.2 Å². The van der Waals surface area contributed by atoms with Crippen molar-refractivity contribution in [3.8, 4) is 11.5 Å². The van der Waals surface area contributed by atoms with Crippen LogP contribution in [0.25, 0.3) is 0 Å². The normalized spacial score (nSPS) is 10.2. The van der Waals surface area contributed by atoms with Gasteiger partial charge in [0.05, 0.1) is 20.8 Å². The number of amides is 2. The summed E-state index contributed by atoms with van der Waals surface area (Å²) in [5, 5.41) is 4.97. The van der Waals surface area contributed by atoms with Gasteiger partial charge >= 0.3 is 6.03 Å². The highest BCUT2D eigenvalue weighted by Gasteiger charge is 2.12. The third-order valence-corrected chi connectivity index (χ3v) is 4.35. The van der Waals surface area contributed by atoms with Gasteiger partial charge in [0, 0.05) is 18.0 Å². The van der Waals surface area contributed by atoms with E-state index >= 15 is 0 Å². The van der Waals surface area contributed by atoms with E-state index in [0.29, 0.717) is 31.1 Å². The molecular weight excluding hydrogens is 312 g/mol. The van der Waals surface area contributed by atoms with E-state index in [4.69, 9.17) is 9.47 Å². The van der Waals surface area contributed by atoms with Crippen molar-refractivity contribution in [2.45, 2.75) is 20.0 Å². The molecule has 1 aromatic heterocycles. The number of hydrogen-bond donors (Lipinski definition) is 1. The van der Waals surface area contributed by atoms with E-state index in [1.807, 2.05) is 42.6 Å². The first kappa shape index (κ1) is 17.1. The Morgan fingerprint density at radius 1 is 1.22 bits per heavy atom. The molecule has 0 saturated heterocycles. The minimum Gasteiger partial charge on any atom is -0.493 e. The summed E-state index contributed by atoms with van der Waals surface area (Å²) in [6.45, 7) is 3.71. The van der Waals surface area contributed by atoms with Crippen molar-refractivity contribution in [1.82, 2.24) is 10.2 Å². The monoisotopic (exact) mass is 334 g/mol. The Labute approximate surface area is 140 Å². The molecule has 0 aliphatic rings. The number of hydrogen-bond acceptors (Lipinski definition) is 4. The van der Waals surface area contributed by atoms with Gasteiger partial charge in [-0.05, 0) is 36.1 Å². The van der Waals surface area contributed by atoms with Gasteiger partial charge in [0.15, 0.2) is 11.5 Å². The molecule has 6 heteroatoms. The SMILES string of the molecule is CCN(Cc1cccs1)C(=O)NCc1ccc(OC)c(OC)c1. The zero-order valence-electron chi connectivity index (χ0n) is 13.7. The number of carbonyl (C=O) groups excluding carboxylic acids is 1. The van der Waals surface area contributed by atoms with Crippen LogP contribution in [0.2, 0.25) is 0 Å². The maximum Gasteiger partial charge on any atom is 0.317 e. The summed E-state index contributed by atoms with van der Waals surface area (Å²) in [4.78, 5) is 15.3. The lowest BCUT2D eigenvalue weighted by molar-refractivity contribution is 0.198. The van der Waals surface area contributed by atoms with Gasteiger partial charge in [-0.15, -0.1) is 11.3 Å². The fraction of sp³-hybridized carbons (Fsp3) is 0.353. The van der Waals surface area contributed by atoms with E-state index in [1.54, 1.807) is 30.5 Å². The highest BCUT2D eigenvalue weighted by molar-refractivity contribution is 7.09. The van der Waals surface area contributed by atoms with Crippen LogP contribution in [-0.4, -0.2) is 31.7 Å². The number of nitrogens with zero attached hydrogens (tertiary/aromatic N) is 1. The van der Waals surface area contributed by atoms with Crippen molar-refractivity contribution in [3.63, 3.8) is 0 Å². The molecule has 0 aliphatic carbocycles. The molecule has 124 valence electrons. The number of thiophene rings is 1. The zero-order chi connectivity index (χ0) is 16.7. The second-order valence-corrected chi connectivity index (χ2v) is 5.97. The van der Waals surface area contributed by atoms with Gasteiger partial charge in [-0.2, -0.15) is 0 Å². The highest BCUT2D eigenvalue weighted by Crippen LogP contribution is 2.27. The quantitative estimate of drug-likeness (QED) is 0.843. The fourth-order valence-corrected chi connectivity index (χ4v) is 2.92. The molecular formula is C17H22N2O3S. The molecule has 0 atom stereocenters. The molecule has 2 rings (SSSR count). The molecule has 2 amide bonds. The molecule has 0 spiro atoms. The number of methoxy groups -OCH3 is 2. The van der Waals surface area contributed by atoms with E-state index in [-0.39, 0.29) is 6.03 Å². The minimum atomic E-state index is -0.0734. The van der Waals surface area contributed by atoms with E-state index in [0.717, 1.165) is 5.56 Å². The summed E-state index contributed by atoms with van der Waals surface area (Å²) in [5.74, 6) is 1.33. The van der Waals surface area contributed by atoms with Gasteiger partial charge < -0.3 is 19.7 Å². The lowest BCUT2D eigenvalue weighted by Crippen LogP contribution is -2.38. The molecule has 1 aromatic carbocycles. The zero-order valence-corrected chi connectivity index (χ0v) is 14.5. The molecule has 0 aliphatic heterocycles. The molecule has 23 heavy (non-hydrogen) atoms. The van der Waals surface area contributed by atoms with Gasteiger partial charge in [0.25, 0.3) is 0 Å². The van der Waals surface area contributed by atoms with Crippen molar-refractivity contribution in [2.24, 2.45) is 0 Å². The molecule has 5 nitrogen and oxygen atoms in total. The maximum atomic E-state index is 12.3. The van der Waals surface area contributed by atoms with Crippen LogP contribution in [0.15, 0.2) is 35.7 Å². The average Bonchev–Trinajstić information content (AvgIpc) is 3.10. The number of benzene rings is 1. The number of urea groups is 1. The van der Waals surface area contributed by atoms with Gasteiger partial charge in [0.1, 0.15) is 0 Å². The Morgan fingerprint density at radius 3 is 2.61 bits per heavy atom. The van der Waals surface area contributed by atoms with Crippen molar-refractivity contribution in [1.29, 1.82) is 0 Å². The predicted octanol–water partition coefficient (Wildman–Crippen LogP) is 3.50. The van der Waals surface area contributed by atoms with Crippen LogP contribution < -0.4 is 14.8 Å². The maximum absolute atomic E-state index is 12.3. The summed E-state index contributed by atoms with van der Waals surface area (Å²) < 4.78 is 10.5. The molecule has 0 bridgehead atoms. The number of nitrogens with one attached hydrogen (secondary N) is 1. The van der Waals surface area contributed by atoms with Crippen LogP contribution in [0.3, 0.4) is 0 Å². The number of rotatable bonds is 7. The topological polar surface area (TPSA) is 50.8 Å². The minimum absolute atomic E-state index is 0.0734. The first-order chi connectivity index (χ1) is 11.2. The fourth-order valence-electron chi connectivity index (χ4n) is 2.20. The van der Waals surface area contributed by atoms with Crippen LogP contribution in [0.1, 0.15) is 17.4 Å². The number of ether oxygens (including phenoxy) is 2. The van der Waals surface area contributed by atoms with E-state index in [2.05, 4.69) is 5.32 Å². The lowest BCUT2D eigenvalue weighted by atomic mass is 10.2. The molecule has 0 fully saturated rings. The Balaban J connectivity index is 1.94. The molecule has 0 saturated carbocycles. The Kier molecular flexibility index (Phi) is 6.29. The van der Waals surface area contributed by atoms with Gasteiger partial charge in [-0.3, -0.25) is 0 Å². The van der Waals surface area contributed by atoms with Crippen molar-refractivity contribution < 1.29 is 14.3 Å². The Hall–Kier alpha value is -2.21. The third kappa shape index (κ3) is 4.63. The van der Waals surface area contributed by atoms with E-state index in [1.165, 1.54) is 4.88 Å². The second kappa shape index (κ2) is 8.43. The first-order valence-electron chi connectivity index (χ1n) is 7.44. The van der Waals surface area contributed by atoms with Gasteiger partial charge in [-0.1, -0.05) is 12.1 Å². The lowest BCUT2D eigenvalue weighted by Gasteiger charge is -2.21. The largest absolute Gasteiger partial charge is 0.493 e. The summed E-state index contributed by atoms with van der Waals surface area (Å²) in [6, 6.07) is 9.58.